The van der Waals surface area contributed by atoms with E-state index in [0.29, 0.717) is 19.0 Å². The van der Waals surface area contributed by atoms with E-state index in [1.807, 2.05) is 18.2 Å². The molecule has 0 spiro atoms. The van der Waals surface area contributed by atoms with E-state index in [9.17, 15) is 0 Å². The number of benzene rings is 1. The lowest BCUT2D eigenvalue weighted by Crippen LogP contribution is -2.15. The van der Waals surface area contributed by atoms with Crippen LogP contribution in [0.15, 0.2) is 40.5 Å². The first-order valence-electron chi connectivity index (χ1n) is 5.46. The van der Waals surface area contributed by atoms with Crippen molar-refractivity contribution in [3.05, 3.63) is 30.6 Å². The van der Waals surface area contributed by atoms with Crippen LogP contribution in [0.3, 0.4) is 0 Å². The van der Waals surface area contributed by atoms with Crippen molar-refractivity contribution in [1.82, 2.24) is 9.97 Å². The minimum atomic E-state index is 0.414. The smallest absolute Gasteiger partial charge is 0.162 e. The summed E-state index contributed by atoms with van der Waals surface area (Å²) >= 11 is 1.49. The molecule has 6 heteroatoms. The summed E-state index contributed by atoms with van der Waals surface area (Å²) in [5, 5.41) is 0.756. The van der Waals surface area contributed by atoms with E-state index >= 15 is 0 Å². The quantitative estimate of drug-likeness (QED) is 0.891. The van der Waals surface area contributed by atoms with Crippen LogP contribution in [0.2, 0.25) is 0 Å². The molecule has 92 valence electrons. The fraction of sp³-hybridized carbons (Fsp3) is 0.167. The minimum Gasteiger partial charge on any atom is -0.486 e. The van der Waals surface area contributed by atoms with E-state index in [4.69, 9.17) is 15.2 Å². The van der Waals surface area contributed by atoms with E-state index in [1.54, 1.807) is 6.20 Å². The average molecular weight is 261 g/mol. The Bertz CT molecular complexity index is 577. The van der Waals surface area contributed by atoms with Crippen LogP contribution in [0, 0.1) is 0 Å². The molecule has 2 aromatic rings. The summed E-state index contributed by atoms with van der Waals surface area (Å²) in [6.07, 6.45) is 3.20. The topological polar surface area (TPSA) is 70.3 Å². The Kier molecular flexibility index (Phi) is 2.93. The number of hydrogen-bond acceptors (Lipinski definition) is 6. The van der Waals surface area contributed by atoms with Crippen molar-refractivity contribution in [3.8, 4) is 11.5 Å². The van der Waals surface area contributed by atoms with Crippen molar-refractivity contribution in [2.75, 3.05) is 18.9 Å². The van der Waals surface area contributed by atoms with Gasteiger partial charge in [0.1, 0.15) is 24.1 Å². The molecule has 2 heterocycles. The maximum absolute atomic E-state index is 5.59. The third-order valence-corrected chi connectivity index (χ3v) is 3.26. The molecule has 0 saturated carbocycles. The number of hydrogen-bond donors (Lipinski definition) is 1. The summed E-state index contributed by atoms with van der Waals surface area (Å²) in [5.74, 6) is 1.96. The monoisotopic (exact) mass is 261 g/mol. The molecule has 0 atom stereocenters. The zero-order valence-corrected chi connectivity index (χ0v) is 10.3. The van der Waals surface area contributed by atoms with Crippen LogP contribution >= 0.6 is 11.8 Å². The Morgan fingerprint density at radius 3 is 2.78 bits per heavy atom. The van der Waals surface area contributed by atoms with Crippen LogP contribution < -0.4 is 15.2 Å². The largest absolute Gasteiger partial charge is 0.486 e. The molecule has 1 aromatic carbocycles. The average Bonchev–Trinajstić information content (AvgIpc) is 2.39. The number of aromatic nitrogens is 2. The lowest BCUT2D eigenvalue weighted by atomic mass is 10.3. The van der Waals surface area contributed by atoms with Crippen LogP contribution in [0.25, 0.3) is 0 Å². The van der Waals surface area contributed by atoms with Crippen molar-refractivity contribution in [3.63, 3.8) is 0 Å². The van der Waals surface area contributed by atoms with Crippen LogP contribution in [0.5, 0.6) is 11.5 Å². The number of anilines is 1. The second-order valence-corrected chi connectivity index (χ2v) is 4.78. The van der Waals surface area contributed by atoms with Gasteiger partial charge in [0.2, 0.25) is 0 Å². The summed E-state index contributed by atoms with van der Waals surface area (Å²) in [4.78, 5) is 9.20. The highest BCUT2D eigenvalue weighted by atomic mass is 32.2. The van der Waals surface area contributed by atoms with Gasteiger partial charge in [-0.3, -0.25) is 4.98 Å². The third-order valence-electron chi connectivity index (χ3n) is 2.37. The van der Waals surface area contributed by atoms with Gasteiger partial charge < -0.3 is 15.2 Å². The molecule has 0 fully saturated rings. The molecule has 0 amide bonds. The standard InChI is InChI=1S/C12H11N3O2S/c13-11-6-14-7-12(15-11)18-8-1-2-9-10(5-8)17-4-3-16-9/h1-2,5-7H,3-4H2,(H2,13,15). The van der Waals surface area contributed by atoms with Crippen molar-refractivity contribution >= 4 is 17.6 Å². The minimum absolute atomic E-state index is 0.414. The Labute approximate surface area is 108 Å². The normalized spacial score (nSPS) is 13.3. The number of nitrogens with zero attached hydrogens (tertiary/aromatic N) is 2. The molecular formula is C12H11N3O2S. The zero-order chi connectivity index (χ0) is 12.4. The van der Waals surface area contributed by atoms with Crippen molar-refractivity contribution < 1.29 is 9.47 Å². The fourth-order valence-electron chi connectivity index (χ4n) is 1.62. The molecule has 0 unspecified atom stereocenters. The fourth-order valence-corrected chi connectivity index (χ4v) is 2.43. The van der Waals surface area contributed by atoms with E-state index in [0.717, 1.165) is 21.4 Å². The van der Waals surface area contributed by atoms with Crippen molar-refractivity contribution in [1.29, 1.82) is 0 Å². The van der Waals surface area contributed by atoms with Gasteiger partial charge in [0, 0.05) is 4.90 Å². The molecule has 0 saturated heterocycles. The first-order valence-corrected chi connectivity index (χ1v) is 6.28. The maximum Gasteiger partial charge on any atom is 0.162 e. The van der Waals surface area contributed by atoms with Crippen molar-refractivity contribution in [2.24, 2.45) is 0 Å². The molecule has 1 aromatic heterocycles. The highest BCUT2D eigenvalue weighted by Gasteiger charge is 2.12. The number of rotatable bonds is 2. The van der Waals surface area contributed by atoms with E-state index in [-0.39, 0.29) is 0 Å². The van der Waals surface area contributed by atoms with E-state index in [2.05, 4.69) is 9.97 Å². The van der Waals surface area contributed by atoms with Crippen LogP contribution in [0.1, 0.15) is 0 Å². The highest BCUT2D eigenvalue weighted by Crippen LogP contribution is 2.36. The predicted molar refractivity (Wildman–Crippen MR) is 68.0 cm³/mol. The summed E-state index contributed by atoms with van der Waals surface area (Å²) in [7, 11) is 0. The first-order chi connectivity index (χ1) is 8.81. The maximum atomic E-state index is 5.59. The summed E-state index contributed by atoms with van der Waals surface area (Å²) in [6, 6.07) is 5.80. The summed E-state index contributed by atoms with van der Waals surface area (Å²) < 4.78 is 11.0. The van der Waals surface area contributed by atoms with Gasteiger partial charge in [-0.15, -0.1) is 0 Å². The van der Waals surface area contributed by atoms with Crippen LogP contribution in [-0.4, -0.2) is 23.2 Å². The lowest BCUT2D eigenvalue weighted by molar-refractivity contribution is 0.171. The first kappa shape index (κ1) is 11.2. The molecule has 0 bridgehead atoms. The Morgan fingerprint density at radius 2 is 1.94 bits per heavy atom. The van der Waals surface area contributed by atoms with Gasteiger partial charge >= 0.3 is 0 Å². The molecule has 0 radical (unpaired) electrons. The van der Waals surface area contributed by atoms with Gasteiger partial charge in [-0.25, -0.2) is 4.98 Å². The Morgan fingerprint density at radius 1 is 1.11 bits per heavy atom. The number of nitrogen functional groups attached to an aromatic ring is 1. The van der Waals surface area contributed by atoms with Crippen LogP contribution in [0.4, 0.5) is 5.82 Å². The molecule has 3 rings (SSSR count). The van der Waals surface area contributed by atoms with Gasteiger partial charge in [0.05, 0.1) is 12.4 Å². The molecule has 2 N–H and O–H groups in total. The van der Waals surface area contributed by atoms with E-state index < -0.39 is 0 Å². The van der Waals surface area contributed by atoms with Gasteiger partial charge in [-0.2, -0.15) is 0 Å². The summed E-state index contributed by atoms with van der Waals surface area (Å²) in [6.45, 7) is 1.18. The van der Waals surface area contributed by atoms with E-state index in [1.165, 1.54) is 18.0 Å². The SMILES string of the molecule is Nc1cncc(Sc2ccc3c(c2)OCCO3)n1. The Balaban J connectivity index is 1.85. The number of fused-ring (bicyclic) bond motifs is 1. The molecule has 18 heavy (non-hydrogen) atoms. The van der Waals surface area contributed by atoms with Crippen molar-refractivity contribution in [2.45, 2.75) is 9.92 Å². The molecule has 5 nitrogen and oxygen atoms in total. The molecule has 0 aliphatic carbocycles. The van der Waals surface area contributed by atoms with Gasteiger partial charge in [-0.05, 0) is 18.2 Å². The van der Waals surface area contributed by atoms with Gasteiger partial charge in [0.15, 0.2) is 11.5 Å². The Hall–Kier alpha value is -1.95. The lowest BCUT2D eigenvalue weighted by Gasteiger charge is -2.18. The highest BCUT2D eigenvalue weighted by molar-refractivity contribution is 7.99. The van der Waals surface area contributed by atoms with Gasteiger partial charge in [0.25, 0.3) is 0 Å². The van der Waals surface area contributed by atoms with Gasteiger partial charge in [-0.1, -0.05) is 11.8 Å². The second-order valence-electron chi connectivity index (χ2n) is 3.69. The third kappa shape index (κ3) is 2.33. The number of ether oxygens (including phenoxy) is 2. The van der Waals surface area contributed by atoms with Crippen LogP contribution in [-0.2, 0) is 0 Å². The molecule has 1 aliphatic heterocycles. The predicted octanol–water partition coefficient (Wildman–Crippen LogP) is 1.98. The number of nitrogens with two attached hydrogens (primary N) is 1. The second kappa shape index (κ2) is 4.73. The molecule has 1 aliphatic rings. The summed E-state index contributed by atoms with van der Waals surface area (Å²) in [5.41, 5.74) is 5.59. The molecular weight excluding hydrogens is 250 g/mol. The zero-order valence-electron chi connectivity index (χ0n) is 9.50.